The molecule has 1 aliphatic heterocycles. The Labute approximate surface area is 141 Å². The van der Waals surface area contributed by atoms with E-state index in [1.54, 1.807) is 6.26 Å². The van der Waals surface area contributed by atoms with Crippen LogP contribution in [0.1, 0.15) is 31.7 Å². The predicted octanol–water partition coefficient (Wildman–Crippen LogP) is 2.24. The summed E-state index contributed by atoms with van der Waals surface area (Å²) in [6, 6.07) is 8.03. The molecule has 1 saturated heterocycles. The smallest absolute Gasteiger partial charge is 0.315 e. The number of nitrogens with zero attached hydrogens (tertiary/aromatic N) is 1. The molecule has 2 N–H and O–H groups in total. The summed E-state index contributed by atoms with van der Waals surface area (Å²) in [5.41, 5.74) is 2.35. The Balaban J connectivity index is 1.87. The van der Waals surface area contributed by atoms with Crippen molar-refractivity contribution in [3.63, 3.8) is 0 Å². The van der Waals surface area contributed by atoms with Crippen LogP contribution >= 0.6 is 0 Å². The van der Waals surface area contributed by atoms with Crippen LogP contribution in [0.2, 0.25) is 0 Å². The highest BCUT2D eigenvalue weighted by Crippen LogP contribution is 2.23. The molecule has 5 nitrogen and oxygen atoms in total. The summed E-state index contributed by atoms with van der Waals surface area (Å²) in [4.78, 5) is 14.3. The van der Waals surface area contributed by atoms with Crippen molar-refractivity contribution >= 4 is 22.5 Å². The lowest BCUT2D eigenvalue weighted by atomic mass is 10.1. The number of nitrogens with one attached hydrogen (secondary N) is 2. The van der Waals surface area contributed by atoms with E-state index in [9.17, 15) is 9.00 Å². The third kappa shape index (κ3) is 5.53. The fraction of sp³-hybridized carbons (Fsp3) is 0.588. The minimum absolute atomic E-state index is 0.0404. The summed E-state index contributed by atoms with van der Waals surface area (Å²) >= 11 is 0. The van der Waals surface area contributed by atoms with E-state index in [1.165, 1.54) is 24.9 Å². The van der Waals surface area contributed by atoms with Gasteiger partial charge in [0, 0.05) is 54.2 Å². The number of urea groups is 1. The summed E-state index contributed by atoms with van der Waals surface area (Å²) in [5, 5.41) is 5.63. The number of amides is 2. The molecule has 0 radical (unpaired) electrons. The van der Waals surface area contributed by atoms with E-state index in [0.29, 0.717) is 13.1 Å². The second-order valence-corrected chi connectivity index (χ2v) is 7.85. The fourth-order valence-electron chi connectivity index (χ4n) is 2.70. The Bertz CT molecular complexity index is 544. The Kier molecular flexibility index (Phi) is 6.89. The topological polar surface area (TPSA) is 61.4 Å². The van der Waals surface area contributed by atoms with Gasteiger partial charge in [0.15, 0.2) is 0 Å². The zero-order valence-corrected chi connectivity index (χ0v) is 14.8. The molecule has 1 heterocycles. The Morgan fingerprint density at radius 2 is 1.91 bits per heavy atom. The van der Waals surface area contributed by atoms with Crippen molar-refractivity contribution in [2.45, 2.75) is 38.0 Å². The minimum Gasteiger partial charge on any atom is -0.371 e. The van der Waals surface area contributed by atoms with Gasteiger partial charge in [0.2, 0.25) is 0 Å². The Morgan fingerprint density at radius 1 is 1.22 bits per heavy atom. The predicted molar refractivity (Wildman–Crippen MR) is 96.3 cm³/mol. The molecule has 0 unspecified atom stereocenters. The van der Waals surface area contributed by atoms with Gasteiger partial charge in [-0.1, -0.05) is 18.2 Å². The van der Waals surface area contributed by atoms with Crippen LogP contribution in [0.5, 0.6) is 0 Å². The summed E-state index contributed by atoms with van der Waals surface area (Å²) in [7, 11) is -0.923. The van der Waals surface area contributed by atoms with E-state index in [4.69, 9.17) is 0 Å². The van der Waals surface area contributed by atoms with Gasteiger partial charge in [-0.25, -0.2) is 4.79 Å². The van der Waals surface area contributed by atoms with Crippen molar-refractivity contribution in [1.82, 2.24) is 10.6 Å². The zero-order chi connectivity index (χ0) is 16.7. The molecule has 1 aromatic rings. The van der Waals surface area contributed by atoms with Crippen LogP contribution < -0.4 is 15.5 Å². The third-order valence-electron chi connectivity index (χ3n) is 4.24. The van der Waals surface area contributed by atoms with Crippen LogP contribution in [-0.4, -0.2) is 41.4 Å². The average Bonchev–Trinajstić information content (AvgIpc) is 2.58. The minimum atomic E-state index is -0.923. The number of anilines is 1. The van der Waals surface area contributed by atoms with E-state index in [-0.39, 0.29) is 11.3 Å². The summed E-state index contributed by atoms with van der Waals surface area (Å²) < 4.78 is 11.3. The van der Waals surface area contributed by atoms with Crippen LogP contribution in [0.15, 0.2) is 24.3 Å². The molecule has 2 atom stereocenters. The summed E-state index contributed by atoms with van der Waals surface area (Å²) in [6.07, 6.45) is 5.41. The molecule has 23 heavy (non-hydrogen) atoms. The van der Waals surface area contributed by atoms with Gasteiger partial charge in [-0.15, -0.1) is 0 Å². The van der Waals surface area contributed by atoms with Crippen molar-refractivity contribution in [3.05, 3.63) is 29.8 Å². The molecule has 2 amide bonds. The molecule has 1 fully saturated rings. The van der Waals surface area contributed by atoms with E-state index in [1.807, 2.05) is 19.1 Å². The van der Waals surface area contributed by atoms with Gasteiger partial charge in [-0.05, 0) is 37.8 Å². The fourth-order valence-corrected chi connectivity index (χ4v) is 3.01. The molecule has 6 heteroatoms. The number of piperidine rings is 1. The second kappa shape index (κ2) is 8.91. The highest BCUT2D eigenvalue weighted by molar-refractivity contribution is 7.84. The van der Waals surface area contributed by atoms with E-state index in [0.717, 1.165) is 18.7 Å². The normalized spacial score (nSPS) is 17.4. The first-order chi connectivity index (χ1) is 11.1. The number of rotatable bonds is 6. The Morgan fingerprint density at radius 3 is 2.61 bits per heavy atom. The largest absolute Gasteiger partial charge is 0.371 e. The van der Waals surface area contributed by atoms with Gasteiger partial charge < -0.3 is 15.5 Å². The molecule has 0 spiro atoms. The lowest BCUT2D eigenvalue weighted by Crippen LogP contribution is -2.40. The molecule has 2 rings (SSSR count). The maximum atomic E-state index is 11.9. The Hall–Kier alpha value is -1.56. The van der Waals surface area contributed by atoms with Crippen LogP contribution in [0.25, 0.3) is 0 Å². The molecule has 1 aliphatic rings. The first-order valence-corrected chi connectivity index (χ1v) is 9.87. The SMILES string of the molecule is C[C@@H](CNC(=O)NCc1ccccc1N1CCCCC1)[S@](C)=O. The lowest BCUT2D eigenvalue weighted by Gasteiger charge is -2.30. The maximum Gasteiger partial charge on any atom is 0.315 e. The van der Waals surface area contributed by atoms with E-state index >= 15 is 0 Å². The number of benzene rings is 1. The van der Waals surface area contributed by atoms with Gasteiger partial charge in [0.25, 0.3) is 0 Å². The van der Waals surface area contributed by atoms with Gasteiger partial charge >= 0.3 is 6.03 Å². The third-order valence-corrected chi connectivity index (χ3v) is 5.54. The van der Waals surface area contributed by atoms with Gasteiger partial charge in [-0.3, -0.25) is 4.21 Å². The number of carbonyl (C=O) groups excluding carboxylic acids is 1. The number of hydrogen-bond donors (Lipinski definition) is 2. The monoisotopic (exact) mass is 337 g/mol. The van der Waals surface area contributed by atoms with Crippen LogP contribution in [-0.2, 0) is 17.3 Å². The van der Waals surface area contributed by atoms with Crippen LogP contribution in [0.3, 0.4) is 0 Å². The highest BCUT2D eigenvalue weighted by atomic mass is 32.2. The van der Waals surface area contributed by atoms with Crippen molar-refractivity contribution in [2.75, 3.05) is 30.8 Å². The molecule has 1 aromatic carbocycles. The average molecular weight is 337 g/mol. The molecule has 0 aliphatic carbocycles. The zero-order valence-electron chi connectivity index (χ0n) is 14.0. The van der Waals surface area contributed by atoms with Crippen molar-refractivity contribution in [2.24, 2.45) is 0 Å². The van der Waals surface area contributed by atoms with Crippen LogP contribution in [0, 0.1) is 0 Å². The number of para-hydroxylation sites is 1. The van der Waals surface area contributed by atoms with Gasteiger partial charge in [-0.2, -0.15) is 0 Å². The molecular formula is C17H27N3O2S. The van der Waals surface area contributed by atoms with Crippen molar-refractivity contribution in [3.8, 4) is 0 Å². The van der Waals surface area contributed by atoms with Gasteiger partial charge in [0.05, 0.1) is 0 Å². The number of carbonyl (C=O) groups is 1. The second-order valence-electron chi connectivity index (χ2n) is 6.05. The van der Waals surface area contributed by atoms with Gasteiger partial charge in [0.1, 0.15) is 0 Å². The quantitative estimate of drug-likeness (QED) is 0.837. The molecule has 0 bridgehead atoms. The molecular weight excluding hydrogens is 310 g/mol. The molecule has 128 valence electrons. The van der Waals surface area contributed by atoms with Crippen molar-refractivity contribution < 1.29 is 9.00 Å². The van der Waals surface area contributed by atoms with E-state index < -0.39 is 10.8 Å². The van der Waals surface area contributed by atoms with E-state index in [2.05, 4.69) is 27.7 Å². The maximum absolute atomic E-state index is 11.9. The summed E-state index contributed by atoms with van der Waals surface area (Å²) in [5.74, 6) is 0. The summed E-state index contributed by atoms with van der Waals surface area (Å²) in [6.45, 7) is 4.96. The molecule has 0 saturated carbocycles. The van der Waals surface area contributed by atoms with Crippen LogP contribution in [0.4, 0.5) is 10.5 Å². The first kappa shape index (κ1) is 17.8. The number of hydrogen-bond acceptors (Lipinski definition) is 3. The molecule has 0 aromatic heterocycles. The highest BCUT2D eigenvalue weighted by Gasteiger charge is 2.14. The van der Waals surface area contributed by atoms with Crippen molar-refractivity contribution in [1.29, 1.82) is 0 Å². The lowest BCUT2D eigenvalue weighted by molar-refractivity contribution is 0.240. The first-order valence-electron chi connectivity index (χ1n) is 8.24. The standard InChI is InChI=1S/C17H27N3O2S/c1-14(23(2)22)12-18-17(21)19-13-15-8-4-5-9-16(15)20-10-6-3-7-11-20/h4-5,8-9,14H,3,6-7,10-13H2,1-2H3,(H2,18,19,21)/t14-,23-/m0/s1.